The molecule has 1 aromatic heterocycles. The van der Waals surface area contributed by atoms with Gasteiger partial charge in [0.15, 0.2) is 0 Å². The van der Waals surface area contributed by atoms with Crippen LogP contribution in [0.2, 0.25) is 0 Å². The Balaban J connectivity index is 3.14. The summed E-state index contributed by atoms with van der Waals surface area (Å²) in [7, 11) is 0. The van der Waals surface area contributed by atoms with E-state index in [1.54, 1.807) is 6.07 Å². The van der Waals surface area contributed by atoms with Crippen LogP contribution in [0.25, 0.3) is 0 Å². The van der Waals surface area contributed by atoms with Crippen LogP contribution in [0, 0.1) is 0 Å². The molecule has 0 unspecified atom stereocenters. The molecular formula is C12H17NO3S. The van der Waals surface area contributed by atoms with E-state index in [1.807, 2.05) is 20.8 Å². The average molecular weight is 255 g/mol. The lowest BCUT2D eigenvalue weighted by Crippen LogP contribution is -2.15. The lowest BCUT2D eigenvalue weighted by Gasteiger charge is -2.19. The zero-order valence-electron chi connectivity index (χ0n) is 10.2. The number of aromatic carboxylic acids is 1. The fraction of sp³-hybridized carbons (Fsp3) is 0.500. The number of aromatic nitrogens is 1. The van der Waals surface area contributed by atoms with Crippen LogP contribution in [0.3, 0.4) is 0 Å². The molecule has 0 atom stereocenters. The molecule has 1 aromatic rings. The minimum Gasteiger partial charge on any atom is -0.478 e. The van der Waals surface area contributed by atoms with Gasteiger partial charge in [-0.3, -0.25) is 0 Å². The van der Waals surface area contributed by atoms with Gasteiger partial charge in [-0.1, -0.05) is 20.8 Å². The molecule has 0 amide bonds. The standard InChI is InChI=1S/C12H17NO3S/c1-12(2,3)9-6-8(11(15)16)7-10(13-9)17-5-4-14/h6-7,14H,4-5H2,1-3H3,(H,15,16). The maximum absolute atomic E-state index is 11.0. The Kier molecular flexibility index (Phi) is 4.54. The van der Waals surface area contributed by atoms with E-state index in [2.05, 4.69) is 4.98 Å². The van der Waals surface area contributed by atoms with Crippen LogP contribution in [0.1, 0.15) is 36.8 Å². The summed E-state index contributed by atoms with van der Waals surface area (Å²) in [4.78, 5) is 15.4. The number of pyridine rings is 1. The van der Waals surface area contributed by atoms with Crippen LogP contribution in [0.4, 0.5) is 0 Å². The second kappa shape index (κ2) is 5.51. The van der Waals surface area contributed by atoms with Gasteiger partial charge in [0.25, 0.3) is 0 Å². The first-order valence-electron chi connectivity index (χ1n) is 5.34. The van der Waals surface area contributed by atoms with Gasteiger partial charge in [-0.25, -0.2) is 9.78 Å². The normalized spacial score (nSPS) is 11.5. The molecule has 0 spiro atoms. The molecule has 2 N–H and O–H groups in total. The Morgan fingerprint density at radius 3 is 2.53 bits per heavy atom. The summed E-state index contributed by atoms with van der Waals surface area (Å²) in [5.74, 6) is -0.441. The van der Waals surface area contributed by atoms with Crippen molar-refractivity contribution in [1.82, 2.24) is 4.98 Å². The van der Waals surface area contributed by atoms with E-state index in [-0.39, 0.29) is 17.6 Å². The number of nitrogens with zero attached hydrogens (tertiary/aromatic N) is 1. The summed E-state index contributed by atoms with van der Waals surface area (Å²) >= 11 is 1.36. The quantitative estimate of drug-likeness (QED) is 0.807. The molecule has 1 heterocycles. The van der Waals surface area contributed by atoms with Crippen molar-refractivity contribution >= 4 is 17.7 Å². The first kappa shape index (κ1) is 14.0. The smallest absolute Gasteiger partial charge is 0.335 e. The van der Waals surface area contributed by atoms with Crippen LogP contribution in [-0.4, -0.2) is 33.5 Å². The zero-order valence-corrected chi connectivity index (χ0v) is 11.0. The van der Waals surface area contributed by atoms with Crippen LogP contribution >= 0.6 is 11.8 Å². The predicted octanol–water partition coefficient (Wildman–Crippen LogP) is 2.16. The number of hydrogen-bond acceptors (Lipinski definition) is 4. The predicted molar refractivity (Wildman–Crippen MR) is 67.7 cm³/mol. The van der Waals surface area contributed by atoms with Crippen molar-refractivity contribution in [2.75, 3.05) is 12.4 Å². The SMILES string of the molecule is CC(C)(C)c1cc(C(=O)O)cc(SCCO)n1. The third-order valence-electron chi connectivity index (χ3n) is 2.16. The molecule has 4 nitrogen and oxygen atoms in total. The van der Waals surface area contributed by atoms with Gasteiger partial charge in [0.1, 0.15) is 0 Å². The van der Waals surface area contributed by atoms with Gasteiger partial charge in [0.05, 0.1) is 17.2 Å². The van der Waals surface area contributed by atoms with Crippen molar-refractivity contribution < 1.29 is 15.0 Å². The molecular weight excluding hydrogens is 238 g/mol. The highest BCUT2D eigenvalue weighted by Gasteiger charge is 2.19. The van der Waals surface area contributed by atoms with Crippen molar-refractivity contribution in [2.45, 2.75) is 31.2 Å². The van der Waals surface area contributed by atoms with Crippen LogP contribution in [0.15, 0.2) is 17.2 Å². The fourth-order valence-corrected chi connectivity index (χ4v) is 1.91. The van der Waals surface area contributed by atoms with E-state index in [0.717, 1.165) is 5.69 Å². The minimum absolute atomic E-state index is 0.0501. The van der Waals surface area contributed by atoms with Crippen LogP contribution in [0.5, 0.6) is 0 Å². The first-order valence-corrected chi connectivity index (χ1v) is 6.32. The number of hydrogen-bond donors (Lipinski definition) is 2. The highest BCUT2D eigenvalue weighted by molar-refractivity contribution is 7.99. The molecule has 17 heavy (non-hydrogen) atoms. The molecule has 0 saturated carbocycles. The minimum atomic E-state index is -0.955. The molecule has 0 aromatic carbocycles. The third kappa shape index (κ3) is 4.02. The van der Waals surface area contributed by atoms with E-state index in [9.17, 15) is 4.79 Å². The Bertz CT molecular complexity index is 413. The van der Waals surface area contributed by atoms with Crippen LogP contribution < -0.4 is 0 Å². The second-order valence-corrected chi connectivity index (χ2v) is 5.82. The Morgan fingerprint density at radius 1 is 1.41 bits per heavy atom. The number of aliphatic hydroxyl groups is 1. The summed E-state index contributed by atoms with van der Waals surface area (Å²) in [5, 5.41) is 18.5. The van der Waals surface area contributed by atoms with Crippen molar-refractivity contribution in [2.24, 2.45) is 0 Å². The molecule has 0 radical (unpaired) electrons. The van der Waals surface area contributed by atoms with E-state index < -0.39 is 5.97 Å². The largest absolute Gasteiger partial charge is 0.478 e. The molecule has 0 aliphatic heterocycles. The molecule has 0 aliphatic rings. The van der Waals surface area contributed by atoms with E-state index in [1.165, 1.54) is 17.8 Å². The number of carbonyl (C=O) groups is 1. The lowest BCUT2D eigenvalue weighted by molar-refractivity contribution is 0.0696. The van der Waals surface area contributed by atoms with E-state index in [4.69, 9.17) is 10.2 Å². The Hall–Kier alpha value is -1.07. The molecule has 5 heteroatoms. The summed E-state index contributed by atoms with van der Waals surface area (Å²) < 4.78 is 0. The third-order valence-corrected chi connectivity index (χ3v) is 3.05. The molecule has 94 valence electrons. The van der Waals surface area contributed by atoms with Gasteiger partial charge in [-0.2, -0.15) is 0 Å². The van der Waals surface area contributed by atoms with Gasteiger partial charge < -0.3 is 10.2 Å². The second-order valence-electron chi connectivity index (χ2n) is 4.71. The average Bonchev–Trinajstić information content (AvgIpc) is 2.24. The van der Waals surface area contributed by atoms with Gasteiger partial charge in [0.2, 0.25) is 0 Å². The van der Waals surface area contributed by atoms with Crippen molar-refractivity contribution in [3.05, 3.63) is 23.4 Å². The van der Waals surface area contributed by atoms with Gasteiger partial charge in [0, 0.05) is 16.9 Å². The first-order chi connectivity index (χ1) is 7.84. The summed E-state index contributed by atoms with van der Waals surface area (Å²) in [6.45, 7) is 6.01. The maximum Gasteiger partial charge on any atom is 0.335 e. The maximum atomic E-state index is 11.0. The summed E-state index contributed by atoms with van der Waals surface area (Å²) in [6.07, 6.45) is 0. The Morgan fingerprint density at radius 2 is 2.06 bits per heavy atom. The highest BCUT2D eigenvalue weighted by Crippen LogP contribution is 2.25. The molecule has 0 aliphatic carbocycles. The molecule has 1 rings (SSSR count). The lowest BCUT2D eigenvalue weighted by atomic mass is 9.91. The van der Waals surface area contributed by atoms with Crippen molar-refractivity contribution in [1.29, 1.82) is 0 Å². The van der Waals surface area contributed by atoms with Gasteiger partial charge in [-0.05, 0) is 12.1 Å². The topological polar surface area (TPSA) is 70.4 Å². The molecule has 0 fully saturated rings. The Labute approximate surface area is 105 Å². The molecule has 0 saturated heterocycles. The van der Waals surface area contributed by atoms with E-state index in [0.29, 0.717) is 10.8 Å². The summed E-state index contributed by atoms with van der Waals surface area (Å²) in [6, 6.07) is 3.14. The zero-order chi connectivity index (χ0) is 13.1. The van der Waals surface area contributed by atoms with Gasteiger partial charge in [-0.15, -0.1) is 11.8 Å². The number of thioether (sulfide) groups is 1. The van der Waals surface area contributed by atoms with Gasteiger partial charge >= 0.3 is 5.97 Å². The van der Waals surface area contributed by atoms with Crippen LogP contribution in [-0.2, 0) is 5.41 Å². The van der Waals surface area contributed by atoms with Crippen molar-refractivity contribution in [3.63, 3.8) is 0 Å². The number of rotatable bonds is 4. The number of carboxylic acid groups (broad SMARTS) is 1. The fourth-order valence-electron chi connectivity index (χ4n) is 1.24. The highest BCUT2D eigenvalue weighted by atomic mass is 32.2. The number of aliphatic hydroxyl groups excluding tert-OH is 1. The van der Waals surface area contributed by atoms with Crippen molar-refractivity contribution in [3.8, 4) is 0 Å². The monoisotopic (exact) mass is 255 g/mol. The van der Waals surface area contributed by atoms with E-state index >= 15 is 0 Å². The molecule has 0 bridgehead atoms. The number of carboxylic acids is 1. The summed E-state index contributed by atoms with van der Waals surface area (Å²) in [5.41, 5.74) is 0.795.